The van der Waals surface area contributed by atoms with Crippen molar-refractivity contribution in [3.63, 3.8) is 0 Å². The van der Waals surface area contributed by atoms with Crippen LogP contribution in [0.4, 0.5) is 0 Å². The third-order valence-electron chi connectivity index (χ3n) is 2.36. The Labute approximate surface area is 110 Å². The van der Waals surface area contributed by atoms with E-state index in [2.05, 4.69) is 72.0 Å². The van der Waals surface area contributed by atoms with Crippen LogP contribution in [-0.4, -0.2) is 9.78 Å². The molecule has 1 aromatic heterocycles. The maximum atomic E-state index is 4.37. The van der Waals surface area contributed by atoms with Crippen LogP contribution in [0, 0.1) is 9.49 Å². The van der Waals surface area contributed by atoms with Gasteiger partial charge in [0.05, 0.1) is 6.20 Å². The van der Waals surface area contributed by atoms with Gasteiger partial charge in [-0.15, -0.1) is 0 Å². The molecule has 0 aliphatic heterocycles. The van der Waals surface area contributed by atoms with E-state index < -0.39 is 0 Å². The monoisotopic (exact) mass is 326 g/mol. The van der Waals surface area contributed by atoms with Crippen molar-refractivity contribution >= 4 is 22.6 Å². The van der Waals surface area contributed by atoms with Crippen molar-refractivity contribution in [1.82, 2.24) is 9.78 Å². The lowest BCUT2D eigenvalue weighted by molar-refractivity contribution is 0.483. The summed E-state index contributed by atoms with van der Waals surface area (Å²) in [6.45, 7) is 5.38. The van der Waals surface area contributed by atoms with E-state index in [0.717, 1.165) is 6.54 Å². The van der Waals surface area contributed by atoms with Gasteiger partial charge in [0.15, 0.2) is 0 Å². The van der Waals surface area contributed by atoms with Crippen molar-refractivity contribution < 1.29 is 0 Å². The predicted molar refractivity (Wildman–Crippen MR) is 75.2 cm³/mol. The molecular weight excluding hydrogens is 311 g/mol. The Hall–Kier alpha value is -0.840. The Morgan fingerprint density at radius 1 is 1.19 bits per heavy atom. The van der Waals surface area contributed by atoms with Gasteiger partial charge in [-0.3, -0.25) is 4.68 Å². The molecule has 0 fully saturated rings. The van der Waals surface area contributed by atoms with Crippen LogP contribution in [0.1, 0.15) is 13.8 Å². The molecule has 2 rings (SSSR count). The molecule has 0 radical (unpaired) electrons. The minimum Gasteiger partial charge on any atom is -0.272 e. The lowest BCUT2D eigenvalue weighted by atomic mass is 10.1. The van der Waals surface area contributed by atoms with E-state index in [1.807, 2.05) is 10.9 Å². The normalized spacial score (nSPS) is 11.0. The Balaban J connectivity index is 2.21. The molecule has 0 aliphatic carbocycles. The first-order valence-electron chi connectivity index (χ1n) is 5.43. The van der Waals surface area contributed by atoms with Crippen LogP contribution < -0.4 is 0 Å². The number of aromatic nitrogens is 2. The van der Waals surface area contributed by atoms with Gasteiger partial charge in [-0.1, -0.05) is 26.0 Å². The highest BCUT2D eigenvalue weighted by molar-refractivity contribution is 14.1. The number of nitrogens with zero attached hydrogens (tertiary/aromatic N) is 2. The Morgan fingerprint density at radius 3 is 2.50 bits per heavy atom. The van der Waals surface area contributed by atoms with Gasteiger partial charge in [0.1, 0.15) is 0 Å². The standard InChI is InChI=1S/C13H15IN2/c1-10(2)8-16-9-12(7-15-16)11-3-5-13(14)6-4-11/h3-7,9-10H,8H2,1-2H3. The average molecular weight is 326 g/mol. The summed E-state index contributed by atoms with van der Waals surface area (Å²) in [7, 11) is 0. The molecule has 0 saturated carbocycles. The molecule has 1 aromatic carbocycles. The number of benzene rings is 1. The summed E-state index contributed by atoms with van der Waals surface area (Å²) in [4.78, 5) is 0. The van der Waals surface area contributed by atoms with Gasteiger partial charge in [-0.05, 0) is 46.2 Å². The third-order valence-corrected chi connectivity index (χ3v) is 3.08. The van der Waals surface area contributed by atoms with Crippen molar-refractivity contribution in [2.45, 2.75) is 20.4 Å². The Kier molecular flexibility index (Phi) is 3.63. The van der Waals surface area contributed by atoms with E-state index in [1.54, 1.807) is 0 Å². The molecule has 1 heterocycles. The first kappa shape index (κ1) is 11.6. The third kappa shape index (κ3) is 2.84. The average Bonchev–Trinajstić information content (AvgIpc) is 2.66. The van der Waals surface area contributed by atoms with Crippen molar-refractivity contribution in [2.75, 3.05) is 0 Å². The summed E-state index contributed by atoms with van der Waals surface area (Å²) < 4.78 is 3.27. The maximum absolute atomic E-state index is 4.37. The van der Waals surface area contributed by atoms with Crippen LogP contribution in [0.3, 0.4) is 0 Å². The number of hydrogen-bond acceptors (Lipinski definition) is 1. The highest BCUT2D eigenvalue weighted by atomic mass is 127. The summed E-state index contributed by atoms with van der Waals surface area (Å²) in [6.07, 6.45) is 4.05. The zero-order valence-electron chi connectivity index (χ0n) is 9.52. The van der Waals surface area contributed by atoms with Gasteiger partial charge in [-0.2, -0.15) is 5.10 Å². The molecule has 2 aromatic rings. The molecule has 0 bridgehead atoms. The van der Waals surface area contributed by atoms with Gasteiger partial charge < -0.3 is 0 Å². The predicted octanol–water partition coefficient (Wildman–Crippen LogP) is 3.81. The Bertz CT molecular complexity index is 457. The van der Waals surface area contributed by atoms with E-state index in [-0.39, 0.29) is 0 Å². The van der Waals surface area contributed by atoms with E-state index in [4.69, 9.17) is 0 Å². The fourth-order valence-electron chi connectivity index (χ4n) is 1.63. The lowest BCUT2D eigenvalue weighted by Crippen LogP contribution is -2.03. The fourth-order valence-corrected chi connectivity index (χ4v) is 1.99. The first-order chi connectivity index (χ1) is 7.65. The van der Waals surface area contributed by atoms with Crippen LogP contribution in [0.5, 0.6) is 0 Å². The minimum atomic E-state index is 0.629. The van der Waals surface area contributed by atoms with Gasteiger partial charge in [0, 0.05) is 21.9 Å². The van der Waals surface area contributed by atoms with Crippen molar-refractivity contribution in [3.8, 4) is 11.1 Å². The van der Waals surface area contributed by atoms with Gasteiger partial charge >= 0.3 is 0 Å². The largest absolute Gasteiger partial charge is 0.272 e. The second-order valence-corrected chi connectivity index (χ2v) is 5.60. The highest BCUT2D eigenvalue weighted by Gasteiger charge is 2.02. The first-order valence-corrected chi connectivity index (χ1v) is 6.51. The molecule has 16 heavy (non-hydrogen) atoms. The molecule has 2 nitrogen and oxygen atoms in total. The van der Waals surface area contributed by atoms with Crippen molar-refractivity contribution in [1.29, 1.82) is 0 Å². The van der Waals surface area contributed by atoms with E-state index in [1.165, 1.54) is 14.7 Å². The summed E-state index contributed by atoms with van der Waals surface area (Å²) in [5.41, 5.74) is 2.42. The lowest BCUT2D eigenvalue weighted by Gasteiger charge is -2.03. The highest BCUT2D eigenvalue weighted by Crippen LogP contribution is 2.19. The number of halogens is 1. The van der Waals surface area contributed by atoms with Crippen LogP contribution in [0.25, 0.3) is 11.1 Å². The SMILES string of the molecule is CC(C)Cn1cc(-c2ccc(I)cc2)cn1. The molecule has 0 saturated heterocycles. The molecule has 0 atom stereocenters. The van der Waals surface area contributed by atoms with E-state index >= 15 is 0 Å². The molecule has 0 spiro atoms. The molecule has 84 valence electrons. The van der Waals surface area contributed by atoms with Crippen LogP contribution >= 0.6 is 22.6 Å². The number of rotatable bonds is 3. The summed E-state index contributed by atoms with van der Waals surface area (Å²) >= 11 is 2.32. The summed E-state index contributed by atoms with van der Waals surface area (Å²) in [5.74, 6) is 0.629. The summed E-state index contributed by atoms with van der Waals surface area (Å²) in [6, 6.07) is 8.52. The number of hydrogen-bond donors (Lipinski definition) is 0. The van der Waals surface area contributed by atoms with Crippen molar-refractivity contribution in [2.24, 2.45) is 5.92 Å². The molecule has 0 N–H and O–H groups in total. The quantitative estimate of drug-likeness (QED) is 0.784. The van der Waals surface area contributed by atoms with Gasteiger partial charge in [0.25, 0.3) is 0 Å². The zero-order valence-corrected chi connectivity index (χ0v) is 11.7. The van der Waals surface area contributed by atoms with Crippen LogP contribution in [0.2, 0.25) is 0 Å². The van der Waals surface area contributed by atoms with E-state index in [0.29, 0.717) is 5.92 Å². The summed E-state index contributed by atoms with van der Waals surface area (Å²) in [5, 5.41) is 4.37. The molecule has 0 aliphatic rings. The van der Waals surface area contributed by atoms with E-state index in [9.17, 15) is 0 Å². The molecule has 0 amide bonds. The second-order valence-electron chi connectivity index (χ2n) is 4.35. The van der Waals surface area contributed by atoms with Gasteiger partial charge in [0.2, 0.25) is 0 Å². The smallest absolute Gasteiger partial charge is 0.0568 e. The van der Waals surface area contributed by atoms with Crippen molar-refractivity contribution in [3.05, 3.63) is 40.2 Å². The van der Waals surface area contributed by atoms with Crippen LogP contribution in [-0.2, 0) is 6.54 Å². The van der Waals surface area contributed by atoms with Gasteiger partial charge in [-0.25, -0.2) is 0 Å². The fraction of sp³-hybridized carbons (Fsp3) is 0.308. The maximum Gasteiger partial charge on any atom is 0.0568 e. The Morgan fingerprint density at radius 2 is 1.88 bits per heavy atom. The van der Waals surface area contributed by atoms with Crippen LogP contribution in [0.15, 0.2) is 36.7 Å². The molecular formula is C13H15IN2. The zero-order chi connectivity index (χ0) is 11.5. The molecule has 0 unspecified atom stereocenters. The molecule has 3 heteroatoms. The topological polar surface area (TPSA) is 17.8 Å². The second kappa shape index (κ2) is 4.99. The minimum absolute atomic E-state index is 0.629.